The lowest BCUT2D eigenvalue weighted by molar-refractivity contribution is 0.0633. The van der Waals surface area contributed by atoms with Gasteiger partial charge in [-0.2, -0.15) is 5.10 Å². The summed E-state index contributed by atoms with van der Waals surface area (Å²) in [5.74, 6) is -0.872. The second kappa shape index (κ2) is 8.12. The zero-order valence-electron chi connectivity index (χ0n) is 16.3. The smallest absolute Gasteiger partial charge is 0.274 e. The molecule has 1 fully saturated rings. The van der Waals surface area contributed by atoms with E-state index in [-0.39, 0.29) is 24.1 Å². The molecule has 7 nitrogen and oxygen atoms in total. The molecule has 0 atom stereocenters. The molecule has 0 unspecified atom stereocenters. The molecule has 2 aromatic rings. The van der Waals surface area contributed by atoms with E-state index in [1.54, 1.807) is 21.7 Å². The SMILES string of the molecule is CCN1CCN(C(=O)c2cc3n(n2)CCN(Cc2c(F)cccc2Cl)C3=O)CC1. The molecule has 1 saturated heterocycles. The van der Waals surface area contributed by atoms with Crippen molar-refractivity contribution in [2.45, 2.75) is 20.0 Å². The van der Waals surface area contributed by atoms with Crippen molar-refractivity contribution >= 4 is 23.4 Å². The van der Waals surface area contributed by atoms with E-state index in [9.17, 15) is 14.0 Å². The van der Waals surface area contributed by atoms with Crippen LogP contribution in [0.1, 0.15) is 33.5 Å². The third kappa shape index (κ3) is 3.86. The second-order valence-corrected chi connectivity index (χ2v) is 7.70. The van der Waals surface area contributed by atoms with Crippen LogP contribution in [0.3, 0.4) is 0 Å². The zero-order valence-corrected chi connectivity index (χ0v) is 17.0. The second-order valence-electron chi connectivity index (χ2n) is 7.29. The first-order chi connectivity index (χ1) is 14.0. The summed E-state index contributed by atoms with van der Waals surface area (Å²) in [5.41, 5.74) is 0.920. The number of rotatable bonds is 4. The number of carbonyl (C=O) groups is 2. The molecule has 0 N–H and O–H groups in total. The number of hydrogen-bond acceptors (Lipinski definition) is 4. The molecule has 2 aliphatic rings. The lowest BCUT2D eigenvalue weighted by atomic mass is 10.1. The van der Waals surface area contributed by atoms with Gasteiger partial charge in [0.1, 0.15) is 11.5 Å². The summed E-state index contributed by atoms with van der Waals surface area (Å²) >= 11 is 6.10. The van der Waals surface area contributed by atoms with E-state index in [1.807, 2.05) is 0 Å². The third-order valence-electron chi connectivity index (χ3n) is 5.60. The van der Waals surface area contributed by atoms with Gasteiger partial charge in [-0.05, 0) is 18.7 Å². The predicted molar refractivity (Wildman–Crippen MR) is 106 cm³/mol. The highest BCUT2D eigenvalue weighted by Gasteiger charge is 2.30. The Morgan fingerprint density at radius 2 is 1.93 bits per heavy atom. The van der Waals surface area contributed by atoms with Crippen molar-refractivity contribution in [3.05, 3.63) is 52.1 Å². The minimum absolute atomic E-state index is 0.0811. The lowest BCUT2D eigenvalue weighted by Gasteiger charge is -2.33. The molecule has 1 aromatic carbocycles. The van der Waals surface area contributed by atoms with Gasteiger partial charge in [-0.3, -0.25) is 14.3 Å². The first kappa shape index (κ1) is 19.8. The van der Waals surface area contributed by atoms with Crippen molar-refractivity contribution in [2.75, 3.05) is 39.3 Å². The number of likely N-dealkylation sites (N-methyl/N-ethyl adjacent to an activating group) is 1. The Kier molecular flexibility index (Phi) is 5.56. The van der Waals surface area contributed by atoms with Gasteiger partial charge in [-0.25, -0.2) is 4.39 Å². The number of fused-ring (bicyclic) bond motifs is 1. The molecule has 0 bridgehead atoms. The number of halogens is 2. The van der Waals surface area contributed by atoms with Gasteiger partial charge in [0.15, 0.2) is 5.69 Å². The number of amides is 2. The molecule has 1 aromatic heterocycles. The van der Waals surface area contributed by atoms with Crippen LogP contribution in [-0.2, 0) is 13.1 Å². The quantitative estimate of drug-likeness (QED) is 0.761. The van der Waals surface area contributed by atoms with Gasteiger partial charge in [-0.1, -0.05) is 24.6 Å². The van der Waals surface area contributed by atoms with Crippen LogP contribution >= 0.6 is 11.6 Å². The molecule has 29 heavy (non-hydrogen) atoms. The van der Waals surface area contributed by atoms with Crippen LogP contribution < -0.4 is 0 Å². The van der Waals surface area contributed by atoms with E-state index in [0.29, 0.717) is 42.5 Å². The summed E-state index contributed by atoms with van der Waals surface area (Å²) in [6, 6.07) is 6.01. The van der Waals surface area contributed by atoms with Crippen LogP contribution in [-0.4, -0.2) is 75.6 Å². The van der Waals surface area contributed by atoms with Crippen molar-refractivity contribution < 1.29 is 14.0 Å². The highest BCUT2D eigenvalue weighted by molar-refractivity contribution is 6.31. The van der Waals surface area contributed by atoms with Gasteiger partial charge < -0.3 is 14.7 Å². The average Bonchev–Trinajstić information content (AvgIpc) is 3.17. The van der Waals surface area contributed by atoms with Gasteiger partial charge in [0.2, 0.25) is 0 Å². The van der Waals surface area contributed by atoms with Crippen molar-refractivity contribution in [1.29, 1.82) is 0 Å². The Bertz CT molecular complexity index is 919. The van der Waals surface area contributed by atoms with E-state index in [4.69, 9.17) is 11.6 Å². The monoisotopic (exact) mass is 419 g/mol. The van der Waals surface area contributed by atoms with Crippen molar-refractivity contribution in [2.24, 2.45) is 0 Å². The maximum absolute atomic E-state index is 14.1. The Labute approximate surface area is 173 Å². The van der Waals surface area contributed by atoms with Gasteiger partial charge in [0.25, 0.3) is 11.8 Å². The van der Waals surface area contributed by atoms with E-state index < -0.39 is 5.82 Å². The van der Waals surface area contributed by atoms with Gasteiger partial charge in [-0.15, -0.1) is 0 Å². The number of carbonyl (C=O) groups excluding carboxylic acids is 2. The van der Waals surface area contributed by atoms with Crippen LogP contribution in [0, 0.1) is 5.82 Å². The molecular weight excluding hydrogens is 397 g/mol. The number of benzene rings is 1. The third-order valence-corrected chi connectivity index (χ3v) is 5.96. The van der Waals surface area contributed by atoms with Gasteiger partial charge >= 0.3 is 0 Å². The number of piperazine rings is 1. The van der Waals surface area contributed by atoms with E-state index in [2.05, 4.69) is 16.9 Å². The minimum atomic E-state index is -0.438. The fourth-order valence-corrected chi connectivity index (χ4v) is 4.02. The summed E-state index contributed by atoms with van der Waals surface area (Å²) in [7, 11) is 0. The lowest BCUT2D eigenvalue weighted by Crippen LogP contribution is -2.48. The molecule has 154 valence electrons. The minimum Gasteiger partial charge on any atom is -0.335 e. The Hall–Kier alpha value is -2.45. The molecule has 0 aliphatic carbocycles. The summed E-state index contributed by atoms with van der Waals surface area (Å²) in [6.07, 6.45) is 0. The summed E-state index contributed by atoms with van der Waals surface area (Å²) in [6.45, 7) is 6.96. The standard InChI is InChI=1S/C20H23ClFN5O2/c1-2-24-6-8-25(9-7-24)19(28)17-12-18-20(29)26(10-11-27(18)23-17)13-14-15(21)4-3-5-16(14)22/h3-5,12H,2,6-11,13H2,1H3. The Morgan fingerprint density at radius 3 is 2.62 bits per heavy atom. The molecule has 3 heterocycles. The predicted octanol–water partition coefficient (Wildman–Crippen LogP) is 2.11. The average molecular weight is 420 g/mol. The molecule has 0 saturated carbocycles. The fourth-order valence-electron chi connectivity index (χ4n) is 3.80. The summed E-state index contributed by atoms with van der Waals surface area (Å²) in [5, 5.41) is 4.65. The maximum atomic E-state index is 14.1. The number of hydrogen-bond donors (Lipinski definition) is 0. The van der Waals surface area contributed by atoms with Crippen molar-refractivity contribution in [3.63, 3.8) is 0 Å². The van der Waals surface area contributed by atoms with Crippen LogP contribution in [0.25, 0.3) is 0 Å². The first-order valence-electron chi connectivity index (χ1n) is 9.79. The first-order valence-corrected chi connectivity index (χ1v) is 10.2. The maximum Gasteiger partial charge on any atom is 0.274 e. The van der Waals surface area contributed by atoms with E-state index in [0.717, 1.165) is 19.6 Å². The fraction of sp³-hybridized carbons (Fsp3) is 0.450. The van der Waals surface area contributed by atoms with Crippen molar-refractivity contribution in [1.82, 2.24) is 24.5 Å². The zero-order chi connectivity index (χ0) is 20.5. The summed E-state index contributed by atoms with van der Waals surface area (Å²) < 4.78 is 15.7. The van der Waals surface area contributed by atoms with Crippen LogP contribution in [0.2, 0.25) is 5.02 Å². The molecule has 0 spiro atoms. The van der Waals surface area contributed by atoms with Gasteiger partial charge in [0.05, 0.1) is 13.1 Å². The highest BCUT2D eigenvalue weighted by Crippen LogP contribution is 2.23. The largest absolute Gasteiger partial charge is 0.335 e. The molecule has 0 radical (unpaired) electrons. The topological polar surface area (TPSA) is 61.7 Å². The van der Waals surface area contributed by atoms with Crippen LogP contribution in [0.4, 0.5) is 4.39 Å². The molecule has 9 heteroatoms. The Morgan fingerprint density at radius 1 is 1.17 bits per heavy atom. The molecule has 2 aliphatic heterocycles. The number of nitrogens with zero attached hydrogens (tertiary/aromatic N) is 5. The van der Waals surface area contributed by atoms with Crippen molar-refractivity contribution in [3.8, 4) is 0 Å². The molecule has 2 amide bonds. The van der Waals surface area contributed by atoms with Crippen LogP contribution in [0.5, 0.6) is 0 Å². The summed E-state index contributed by atoms with van der Waals surface area (Å²) in [4.78, 5) is 31.3. The molecular formula is C20H23ClFN5O2. The molecule has 4 rings (SSSR count). The van der Waals surface area contributed by atoms with Gasteiger partial charge in [0, 0.05) is 49.4 Å². The van der Waals surface area contributed by atoms with E-state index >= 15 is 0 Å². The Balaban J connectivity index is 1.49. The number of aromatic nitrogens is 2. The normalized spacial score (nSPS) is 17.6. The van der Waals surface area contributed by atoms with Crippen LogP contribution in [0.15, 0.2) is 24.3 Å². The highest BCUT2D eigenvalue weighted by atomic mass is 35.5. The van der Waals surface area contributed by atoms with E-state index in [1.165, 1.54) is 17.0 Å².